The van der Waals surface area contributed by atoms with Gasteiger partial charge in [0.25, 0.3) is 0 Å². The fourth-order valence-electron chi connectivity index (χ4n) is 4.07. The Labute approximate surface area is 265 Å². The van der Waals surface area contributed by atoms with E-state index < -0.39 is 33.1 Å². The number of fused-ring (bicyclic) bond motifs is 2. The van der Waals surface area contributed by atoms with Crippen molar-refractivity contribution in [2.24, 2.45) is 0 Å². The summed E-state index contributed by atoms with van der Waals surface area (Å²) in [7, 11) is 9.90. The summed E-state index contributed by atoms with van der Waals surface area (Å²) in [6.45, 7) is 0. The Kier molecular flexibility index (Phi) is 16.6. The maximum Gasteiger partial charge on any atom is -0.00258 e. The van der Waals surface area contributed by atoms with E-state index >= 15 is 0 Å². The number of carbonyl (C=O) groups is 3. The zero-order valence-electron chi connectivity index (χ0n) is 23.4. The number of nitrogens with zero attached hydrogens (tertiary/aromatic N) is 1. The van der Waals surface area contributed by atoms with E-state index in [0.717, 1.165) is 33.8 Å². The fourth-order valence-corrected chi connectivity index (χ4v) is 4.07. The molecule has 3 N–H and O–H groups in total. The predicted molar refractivity (Wildman–Crippen MR) is 167 cm³/mol. The minimum absolute atomic E-state index is 0.137. The van der Waals surface area contributed by atoms with Crippen molar-refractivity contribution in [2.45, 2.75) is 32.1 Å². The molecule has 5 aromatic rings. The minimum atomic E-state index is -1.08. The van der Waals surface area contributed by atoms with Crippen molar-refractivity contribution in [3.8, 4) is 0 Å². The normalized spacial score (nSPS) is 9.63. The van der Waals surface area contributed by atoms with Crippen LogP contribution in [0.3, 0.4) is 0 Å². The number of pyridine rings is 1. The van der Waals surface area contributed by atoms with Gasteiger partial charge < -0.3 is 15.3 Å². The van der Waals surface area contributed by atoms with Gasteiger partial charge in [-0.1, -0.05) is 97.1 Å². The van der Waals surface area contributed by atoms with Crippen LogP contribution >= 0.6 is 19.4 Å². The molecule has 0 aliphatic carbocycles. The van der Waals surface area contributed by atoms with Crippen molar-refractivity contribution >= 4 is 59.1 Å². The third kappa shape index (κ3) is 13.8. The van der Waals surface area contributed by atoms with E-state index in [9.17, 15) is 14.4 Å². The molecule has 0 saturated heterocycles. The van der Waals surface area contributed by atoms with Crippen LogP contribution in [0.25, 0.3) is 21.8 Å². The molecule has 43 heavy (non-hydrogen) atoms. The number of rotatable bonds is 8. The van der Waals surface area contributed by atoms with E-state index in [-0.39, 0.29) is 19.3 Å². The minimum Gasteiger partial charge on any atom is -0.0622 e. The Morgan fingerprint density at radius 1 is 0.558 bits per heavy atom. The summed E-state index contributed by atoms with van der Waals surface area (Å²) < 4.78 is 0. The van der Waals surface area contributed by atoms with Crippen LogP contribution in [0.15, 0.2) is 109 Å². The maximum atomic E-state index is 10.8. The molecule has 10 heteroatoms. The van der Waals surface area contributed by atoms with Crippen molar-refractivity contribution in [3.63, 3.8) is 0 Å². The molecule has 0 atom stereocenters. The van der Waals surface area contributed by atoms with Crippen LogP contribution in [0.1, 0.15) is 36.0 Å². The molecule has 0 bridgehead atoms. The van der Waals surface area contributed by atoms with Gasteiger partial charge in [-0.25, -0.2) is 4.98 Å². The van der Waals surface area contributed by atoms with Crippen molar-refractivity contribution < 1.29 is 44.8 Å². The Balaban J connectivity index is 0.000000233. The largest absolute Gasteiger partial charge is 0.0622 e. The van der Waals surface area contributed by atoms with Crippen molar-refractivity contribution in [2.75, 3.05) is 0 Å². The second-order valence-electron chi connectivity index (χ2n) is 9.05. The van der Waals surface area contributed by atoms with Crippen LogP contribution in [0.2, 0.25) is 0 Å². The number of hydrogen-bond acceptors (Lipinski definition) is 4. The van der Waals surface area contributed by atoms with Gasteiger partial charge in [0.1, 0.15) is 0 Å². The summed E-state index contributed by atoms with van der Waals surface area (Å²) in [5.41, 5.74) is 5.65. The second kappa shape index (κ2) is 20.1. The van der Waals surface area contributed by atoms with E-state index in [4.69, 9.17) is 34.7 Å². The van der Waals surface area contributed by atoms with Gasteiger partial charge in [-0.05, 0) is 41.7 Å². The number of halogens is 2. The first kappa shape index (κ1) is 35.4. The first-order valence-electron chi connectivity index (χ1n) is 13.4. The van der Waals surface area contributed by atoms with Crippen LogP contribution in [-0.4, -0.2) is 38.2 Å². The molecule has 1 heterocycles. The number of aliphatic carboxylic acids is 3. The van der Waals surface area contributed by atoms with Gasteiger partial charge in [0.15, 0.2) is 0 Å². The van der Waals surface area contributed by atoms with Gasteiger partial charge in [-0.3, -0.25) is 14.4 Å². The van der Waals surface area contributed by atoms with E-state index in [2.05, 4.69) is 65.6 Å². The number of para-hydroxylation sites is 2. The Morgan fingerprint density at radius 2 is 0.907 bits per heavy atom. The van der Waals surface area contributed by atoms with Gasteiger partial charge in [0, 0.05) is 17.2 Å². The van der Waals surface area contributed by atoms with Crippen LogP contribution in [0.4, 0.5) is 0 Å². The summed E-state index contributed by atoms with van der Waals surface area (Å²) in [4.78, 5) is 34.7. The van der Waals surface area contributed by atoms with Crippen LogP contribution < -0.4 is 0 Å². The monoisotopic (exact) mass is 671 g/mol. The number of hydrogen-bond donors (Lipinski definition) is 3. The molecule has 1 aromatic heterocycles. The predicted octanol–water partition coefficient (Wildman–Crippen LogP) is 7.99. The Hall–Kier alpha value is -3.84. The van der Waals surface area contributed by atoms with Gasteiger partial charge in [0.05, 0.1) is 23.9 Å². The SMILES string of the molecule is O=C(O)CCC(=O)O.O=C(O)CCc1c2ccccc2nc2ccccc12.[Cl][Zn][Cl].c1ccc(Cc2ccccc2)cc1. The number of carboxylic acids is 3. The molecule has 5 rings (SSSR count). The molecule has 7 nitrogen and oxygen atoms in total. The summed E-state index contributed by atoms with van der Waals surface area (Å²) in [5.74, 6) is -2.93. The maximum absolute atomic E-state index is 10.8. The summed E-state index contributed by atoms with van der Waals surface area (Å²) in [5, 5.41) is 26.8. The van der Waals surface area contributed by atoms with E-state index in [1.54, 1.807) is 0 Å². The van der Waals surface area contributed by atoms with Gasteiger partial charge in [-0.15, -0.1) is 0 Å². The third-order valence-electron chi connectivity index (χ3n) is 5.93. The first-order valence-corrected chi connectivity index (χ1v) is 21.2. The molecule has 0 saturated carbocycles. The smallest absolute Gasteiger partial charge is 0.00258 e. The van der Waals surface area contributed by atoms with Crippen molar-refractivity contribution in [3.05, 3.63) is 126 Å². The van der Waals surface area contributed by atoms with E-state index in [1.165, 1.54) is 11.1 Å². The number of aryl methyl sites for hydroxylation is 1. The summed E-state index contributed by atoms with van der Waals surface area (Å²) >= 11 is -0.931. The zero-order valence-corrected chi connectivity index (χ0v) is 27.9. The van der Waals surface area contributed by atoms with Gasteiger partial charge in [0.2, 0.25) is 0 Å². The average Bonchev–Trinajstić information content (AvgIpc) is 3.00. The standard InChI is InChI=1S/C16H13NO2.C13H12.C4H6O4.2ClH.Zn/c18-16(19)10-9-11-12-5-1-3-7-14(12)17-15-8-4-2-6-13(11)15;1-3-7-12(8-4-1)11-13-9-5-2-6-10-13;5-3(6)1-2-4(7)8;;;/h1-8H,9-10H2,(H,18,19);1-10H,11H2;1-2H2,(H,5,6)(H,7,8);2*1H;/q;;;;;+2/p-2. The van der Waals surface area contributed by atoms with Crippen LogP contribution in [0.5, 0.6) is 0 Å². The molecule has 0 radical (unpaired) electrons. The van der Waals surface area contributed by atoms with E-state index in [0.29, 0.717) is 6.42 Å². The Morgan fingerprint density at radius 3 is 1.28 bits per heavy atom. The number of carboxylic acid groups (broad SMARTS) is 3. The molecule has 0 aliphatic rings. The second-order valence-corrected chi connectivity index (χ2v) is 13.7. The van der Waals surface area contributed by atoms with Crippen LogP contribution in [0, 0.1) is 0 Å². The quantitative estimate of drug-likeness (QED) is 0.113. The third-order valence-corrected chi connectivity index (χ3v) is 5.93. The number of benzene rings is 4. The Bertz CT molecular complexity index is 1480. The molecule has 220 valence electrons. The van der Waals surface area contributed by atoms with Crippen molar-refractivity contribution in [1.82, 2.24) is 4.98 Å². The molecule has 0 amide bonds. The molecular formula is C33H31Cl2NO6Zn. The molecule has 0 spiro atoms. The zero-order chi connectivity index (χ0) is 31.5. The summed E-state index contributed by atoms with van der Waals surface area (Å²) in [6, 6.07) is 36.8. The molecule has 0 aliphatic heterocycles. The first-order chi connectivity index (χ1) is 20.7. The van der Waals surface area contributed by atoms with Gasteiger partial charge >= 0.3 is 52.4 Å². The average molecular weight is 674 g/mol. The molecule has 4 aromatic carbocycles. The molecule has 0 fully saturated rings. The topological polar surface area (TPSA) is 125 Å². The summed E-state index contributed by atoms with van der Waals surface area (Å²) in [6.07, 6.45) is 1.10. The molecular weight excluding hydrogens is 643 g/mol. The van der Waals surface area contributed by atoms with E-state index in [1.807, 2.05) is 48.5 Å². The fraction of sp³-hybridized carbons (Fsp3) is 0.152. The number of aromatic nitrogens is 1. The van der Waals surface area contributed by atoms with Crippen LogP contribution in [-0.2, 0) is 42.4 Å². The molecule has 0 unspecified atom stereocenters. The van der Waals surface area contributed by atoms with Gasteiger partial charge in [-0.2, -0.15) is 0 Å². The van der Waals surface area contributed by atoms with Crippen molar-refractivity contribution in [1.29, 1.82) is 0 Å².